The molecule has 1 aliphatic rings. The SMILES string of the molecule is CN1CCN(c2ccc(Nc3nccc(-c4cnc5ccc(-c6cnn(C)c6)cn45)n3)nc2)CC1. The van der Waals surface area contributed by atoms with E-state index in [2.05, 4.69) is 54.5 Å². The molecule has 1 aliphatic heterocycles. The van der Waals surface area contributed by atoms with Gasteiger partial charge in [-0.25, -0.2) is 19.9 Å². The molecule has 0 spiro atoms. The Hall–Kier alpha value is -4.31. The van der Waals surface area contributed by atoms with Gasteiger partial charge in [-0.2, -0.15) is 5.10 Å². The highest BCUT2D eigenvalue weighted by Crippen LogP contribution is 2.25. The van der Waals surface area contributed by atoms with Crippen LogP contribution in [0, 0.1) is 0 Å². The first-order valence-electron chi connectivity index (χ1n) is 11.6. The second-order valence-electron chi connectivity index (χ2n) is 8.77. The normalized spacial score (nSPS) is 14.5. The molecule has 10 heteroatoms. The molecule has 0 atom stereocenters. The summed E-state index contributed by atoms with van der Waals surface area (Å²) in [5, 5.41) is 7.51. The monoisotopic (exact) mass is 466 g/mol. The number of hydrogen-bond donors (Lipinski definition) is 1. The second kappa shape index (κ2) is 8.80. The molecule has 0 saturated carbocycles. The lowest BCUT2D eigenvalue weighted by Gasteiger charge is -2.33. The van der Waals surface area contributed by atoms with Crippen LogP contribution in [0.15, 0.2) is 67.5 Å². The van der Waals surface area contributed by atoms with Crippen molar-refractivity contribution in [2.75, 3.05) is 43.4 Å². The third kappa shape index (κ3) is 4.31. The molecular formula is C25H26N10. The van der Waals surface area contributed by atoms with E-state index >= 15 is 0 Å². The Morgan fingerprint density at radius 1 is 0.800 bits per heavy atom. The molecule has 0 bridgehead atoms. The van der Waals surface area contributed by atoms with Crippen LogP contribution in [-0.2, 0) is 7.05 Å². The Morgan fingerprint density at radius 3 is 2.46 bits per heavy atom. The van der Waals surface area contributed by atoms with E-state index in [-0.39, 0.29) is 0 Å². The third-order valence-electron chi connectivity index (χ3n) is 6.32. The number of pyridine rings is 2. The zero-order valence-electron chi connectivity index (χ0n) is 19.7. The van der Waals surface area contributed by atoms with E-state index < -0.39 is 0 Å². The van der Waals surface area contributed by atoms with Gasteiger partial charge in [-0.3, -0.25) is 9.08 Å². The number of aromatic nitrogens is 7. The number of aryl methyl sites for hydroxylation is 1. The Labute approximate surface area is 202 Å². The first-order chi connectivity index (χ1) is 17.1. The van der Waals surface area contributed by atoms with Crippen LogP contribution in [0.5, 0.6) is 0 Å². The van der Waals surface area contributed by atoms with Gasteiger partial charge in [-0.15, -0.1) is 0 Å². The molecule has 0 unspecified atom stereocenters. The van der Waals surface area contributed by atoms with E-state index in [0.717, 1.165) is 60.0 Å². The van der Waals surface area contributed by atoms with Gasteiger partial charge in [0.25, 0.3) is 0 Å². The third-order valence-corrected chi connectivity index (χ3v) is 6.32. The van der Waals surface area contributed by atoms with Crippen LogP contribution >= 0.6 is 0 Å². The van der Waals surface area contributed by atoms with Crippen LogP contribution in [0.3, 0.4) is 0 Å². The quantitative estimate of drug-likeness (QED) is 0.423. The standard InChI is InChI=1S/C25H26N10/c1-32-9-11-34(12-10-32)20-4-5-23(27-14-20)31-25-26-8-7-21(30-25)22-15-28-24-6-3-18(17-35(22)24)19-13-29-33(2)16-19/h3-8,13-17H,9-12H2,1-2H3,(H,26,27,30,31). The van der Waals surface area contributed by atoms with E-state index in [0.29, 0.717) is 11.8 Å². The van der Waals surface area contributed by atoms with E-state index in [1.54, 1.807) is 10.9 Å². The van der Waals surface area contributed by atoms with Crippen molar-refractivity contribution in [2.24, 2.45) is 7.05 Å². The number of piperazine rings is 1. The lowest BCUT2D eigenvalue weighted by molar-refractivity contribution is 0.313. The zero-order valence-corrected chi connectivity index (χ0v) is 19.7. The second-order valence-corrected chi connectivity index (χ2v) is 8.77. The minimum absolute atomic E-state index is 0.487. The van der Waals surface area contributed by atoms with Crippen molar-refractivity contribution in [1.29, 1.82) is 0 Å². The molecule has 5 aromatic heterocycles. The van der Waals surface area contributed by atoms with Gasteiger partial charge in [0.1, 0.15) is 11.5 Å². The highest BCUT2D eigenvalue weighted by atomic mass is 15.3. The number of anilines is 3. The first kappa shape index (κ1) is 21.2. The lowest BCUT2D eigenvalue weighted by Crippen LogP contribution is -2.44. The molecule has 6 rings (SSSR count). The zero-order chi connectivity index (χ0) is 23.8. The van der Waals surface area contributed by atoms with Crippen molar-refractivity contribution in [3.63, 3.8) is 0 Å². The molecule has 10 nitrogen and oxygen atoms in total. The lowest BCUT2D eigenvalue weighted by atomic mass is 10.1. The van der Waals surface area contributed by atoms with Gasteiger partial charge >= 0.3 is 0 Å². The maximum atomic E-state index is 4.73. The summed E-state index contributed by atoms with van der Waals surface area (Å²) in [4.78, 5) is 23.0. The minimum Gasteiger partial charge on any atom is -0.368 e. The molecule has 35 heavy (non-hydrogen) atoms. The Bertz CT molecular complexity index is 1460. The predicted octanol–water partition coefficient (Wildman–Crippen LogP) is 3.08. The van der Waals surface area contributed by atoms with E-state index in [1.165, 1.54) is 0 Å². The van der Waals surface area contributed by atoms with Crippen LogP contribution < -0.4 is 10.2 Å². The molecule has 1 fully saturated rings. The average Bonchev–Trinajstić information content (AvgIpc) is 3.51. The molecule has 0 aromatic carbocycles. The van der Waals surface area contributed by atoms with Gasteiger partial charge in [0.2, 0.25) is 5.95 Å². The number of rotatable bonds is 5. The highest BCUT2D eigenvalue weighted by Gasteiger charge is 2.15. The summed E-state index contributed by atoms with van der Waals surface area (Å²) >= 11 is 0. The van der Waals surface area contributed by atoms with E-state index in [1.807, 2.05) is 60.5 Å². The molecule has 1 N–H and O–H groups in total. The smallest absolute Gasteiger partial charge is 0.228 e. The molecule has 6 heterocycles. The number of imidazole rings is 1. The van der Waals surface area contributed by atoms with Crippen molar-refractivity contribution in [3.05, 3.63) is 67.5 Å². The largest absolute Gasteiger partial charge is 0.368 e. The fraction of sp³-hybridized carbons (Fsp3) is 0.240. The van der Waals surface area contributed by atoms with Crippen molar-refractivity contribution < 1.29 is 0 Å². The molecule has 176 valence electrons. The van der Waals surface area contributed by atoms with Crippen LogP contribution in [0.1, 0.15) is 0 Å². The maximum Gasteiger partial charge on any atom is 0.228 e. The summed E-state index contributed by atoms with van der Waals surface area (Å²) < 4.78 is 3.83. The number of hydrogen-bond acceptors (Lipinski definition) is 8. The Balaban J connectivity index is 1.24. The van der Waals surface area contributed by atoms with Gasteiger partial charge in [-0.1, -0.05) is 0 Å². The first-order valence-corrected chi connectivity index (χ1v) is 11.6. The summed E-state index contributed by atoms with van der Waals surface area (Å²) in [6, 6.07) is 9.99. The summed E-state index contributed by atoms with van der Waals surface area (Å²) in [7, 11) is 4.07. The topological polar surface area (TPSA) is 92.3 Å². The van der Waals surface area contributed by atoms with Crippen LogP contribution in [0.2, 0.25) is 0 Å². The highest BCUT2D eigenvalue weighted by molar-refractivity contribution is 5.67. The molecule has 0 radical (unpaired) electrons. The van der Waals surface area contributed by atoms with Crippen LogP contribution in [0.4, 0.5) is 17.5 Å². The predicted molar refractivity (Wildman–Crippen MR) is 136 cm³/mol. The van der Waals surface area contributed by atoms with Crippen molar-refractivity contribution in [1.82, 2.24) is 39.0 Å². The minimum atomic E-state index is 0.487. The summed E-state index contributed by atoms with van der Waals surface area (Å²) in [5.74, 6) is 1.19. The summed E-state index contributed by atoms with van der Waals surface area (Å²) in [5.41, 5.74) is 5.74. The molecule has 0 aliphatic carbocycles. The fourth-order valence-corrected chi connectivity index (χ4v) is 4.30. The van der Waals surface area contributed by atoms with Gasteiger partial charge in [0.05, 0.1) is 35.7 Å². The van der Waals surface area contributed by atoms with Gasteiger partial charge in [0.15, 0.2) is 0 Å². The summed E-state index contributed by atoms with van der Waals surface area (Å²) in [6.45, 7) is 4.15. The Morgan fingerprint density at radius 2 is 1.69 bits per heavy atom. The maximum absolute atomic E-state index is 4.73. The molecule has 1 saturated heterocycles. The van der Waals surface area contributed by atoms with Crippen molar-refractivity contribution in [2.45, 2.75) is 0 Å². The number of likely N-dealkylation sites (N-methyl/N-ethyl adjacent to an activating group) is 1. The van der Waals surface area contributed by atoms with Gasteiger partial charge in [-0.05, 0) is 37.4 Å². The van der Waals surface area contributed by atoms with Crippen LogP contribution in [0.25, 0.3) is 28.2 Å². The molecule has 5 aromatic rings. The molecule has 0 amide bonds. The fourth-order valence-electron chi connectivity index (χ4n) is 4.30. The van der Waals surface area contributed by atoms with Gasteiger partial charge < -0.3 is 15.1 Å². The number of fused-ring (bicyclic) bond motifs is 1. The average molecular weight is 467 g/mol. The van der Waals surface area contributed by atoms with Crippen molar-refractivity contribution in [3.8, 4) is 22.5 Å². The van der Waals surface area contributed by atoms with Crippen LogP contribution in [-0.4, -0.2) is 72.2 Å². The van der Waals surface area contributed by atoms with E-state index in [9.17, 15) is 0 Å². The Kier molecular flexibility index (Phi) is 5.34. The van der Waals surface area contributed by atoms with E-state index in [4.69, 9.17) is 4.98 Å². The molecular weight excluding hydrogens is 440 g/mol. The summed E-state index contributed by atoms with van der Waals surface area (Å²) in [6.07, 6.45) is 11.4. The number of nitrogens with one attached hydrogen (secondary N) is 1. The number of nitrogens with zero attached hydrogens (tertiary/aromatic N) is 9. The van der Waals surface area contributed by atoms with Gasteiger partial charge in [0, 0.05) is 62.9 Å². The van der Waals surface area contributed by atoms with Crippen molar-refractivity contribution >= 4 is 23.1 Å².